The summed E-state index contributed by atoms with van der Waals surface area (Å²) in [5.41, 5.74) is 0.406. The topological polar surface area (TPSA) is 90.3 Å². The van der Waals surface area contributed by atoms with Crippen molar-refractivity contribution in [2.24, 2.45) is 0 Å². The van der Waals surface area contributed by atoms with E-state index < -0.39 is 18.0 Å². The molecule has 1 atom stereocenters. The Morgan fingerprint density at radius 2 is 1.68 bits per heavy atom. The zero-order valence-electron chi connectivity index (χ0n) is 17.8. The minimum atomic E-state index is -1.03. The Bertz CT molecular complexity index is 1110. The third-order valence-corrected chi connectivity index (χ3v) is 4.98. The van der Waals surface area contributed by atoms with Gasteiger partial charge in [-0.05, 0) is 31.5 Å². The lowest BCUT2D eigenvalue weighted by atomic mass is 10.1. The summed E-state index contributed by atoms with van der Waals surface area (Å²) in [6.07, 6.45) is 2.90. The first-order valence-corrected chi connectivity index (χ1v) is 10.6. The van der Waals surface area contributed by atoms with Crippen LogP contribution in [0.5, 0.6) is 0 Å². The quantitative estimate of drug-likeness (QED) is 0.414. The van der Waals surface area contributed by atoms with E-state index in [4.69, 9.17) is 4.74 Å². The summed E-state index contributed by atoms with van der Waals surface area (Å²) < 4.78 is 6.71. The molecule has 0 aliphatic carbocycles. The molecule has 1 aromatic heterocycles. The highest BCUT2D eigenvalue weighted by Crippen LogP contribution is 2.16. The van der Waals surface area contributed by atoms with Crippen molar-refractivity contribution in [2.75, 3.05) is 5.32 Å². The van der Waals surface area contributed by atoms with Crippen LogP contribution in [0.25, 0.3) is 10.8 Å². The lowest BCUT2D eigenvalue weighted by molar-refractivity contribution is -0.123. The molecule has 0 saturated carbocycles. The summed E-state index contributed by atoms with van der Waals surface area (Å²) in [5, 5.41) is 7.82. The van der Waals surface area contributed by atoms with Crippen molar-refractivity contribution in [1.82, 2.24) is 9.78 Å². The highest BCUT2D eigenvalue weighted by atomic mass is 16.5. The number of amides is 1. The molecule has 3 aromatic rings. The number of ether oxygens (including phenoxy) is 1. The molecule has 0 bridgehead atoms. The molecule has 0 fully saturated rings. The zero-order valence-corrected chi connectivity index (χ0v) is 17.8. The second kappa shape index (κ2) is 10.5. The van der Waals surface area contributed by atoms with Gasteiger partial charge in [0.1, 0.15) is 0 Å². The van der Waals surface area contributed by atoms with Gasteiger partial charge >= 0.3 is 5.97 Å². The number of nitrogens with one attached hydrogen (secondary N) is 1. The number of fused-ring (bicyclic) bond motifs is 1. The fourth-order valence-electron chi connectivity index (χ4n) is 3.26. The highest BCUT2D eigenvalue weighted by molar-refractivity contribution is 6.03. The molecule has 0 saturated heterocycles. The molecule has 2 aromatic carbocycles. The van der Waals surface area contributed by atoms with Gasteiger partial charge in [-0.1, -0.05) is 62.6 Å². The average Bonchev–Trinajstić information content (AvgIpc) is 2.78. The first-order chi connectivity index (χ1) is 15.0. The summed E-state index contributed by atoms with van der Waals surface area (Å²) in [6, 6.07) is 15.7. The number of anilines is 1. The maximum atomic E-state index is 12.9. The van der Waals surface area contributed by atoms with Crippen LogP contribution >= 0.6 is 0 Å². The lowest BCUT2D eigenvalue weighted by Crippen LogP contribution is -2.32. The van der Waals surface area contributed by atoms with Crippen molar-refractivity contribution in [1.29, 1.82) is 0 Å². The van der Waals surface area contributed by atoms with Crippen LogP contribution < -0.4 is 10.9 Å². The van der Waals surface area contributed by atoms with E-state index in [1.165, 1.54) is 11.6 Å². The predicted octanol–water partition coefficient (Wildman–Crippen LogP) is 4.16. The van der Waals surface area contributed by atoms with Gasteiger partial charge in [0.25, 0.3) is 11.5 Å². The standard InChI is InChI=1S/C24H27N3O4/c1-3-4-5-11-16-27-23(29)20-15-10-9-14-19(20)21(26-27)24(30)31-17(2)22(28)25-18-12-7-6-8-13-18/h6-10,12-15,17H,3-5,11,16H2,1-2H3,(H,25,28)/t17-/m1/s1. The van der Waals surface area contributed by atoms with Crippen molar-refractivity contribution >= 4 is 28.3 Å². The molecule has 31 heavy (non-hydrogen) atoms. The van der Waals surface area contributed by atoms with E-state index >= 15 is 0 Å². The minimum absolute atomic E-state index is 0.0325. The molecule has 0 spiro atoms. The van der Waals surface area contributed by atoms with Crippen LogP contribution in [0.2, 0.25) is 0 Å². The molecule has 1 N–H and O–H groups in total. The molecular weight excluding hydrogens is 394 g/mol. The number of aryl methyl sites for hydroxylation is 1. The summed E-state index contributed by atoms with van der Waals surface area (Å²) >= 11 is 0. The van der Waals surface area contributed by atoms with Gasteiger partial charge in [0.2, 0.25) is 0 Å². The van der Waals surface area contributed by atoms with E-state index in [2.05, 4.69) is 17.3 Å². The fourth-order valence-corrected chi connectivity index (χ4v) is 3.26. The lowest BCUT2D eigenvalue weighted by Gasteiger charge is -2.15. The van der Waals surface area contributed by atoms with Crippen molar-refractivity contribution in [2.45, 2.75) is 52.2 Å². The molecule has 0 unspecified atom stereocenters. The molecule has 0 radical (unpaired) electrons. The Hall–Kier alpha value is -3.48. The average molecular weight is 421 g/mol. The van der Waals surface area contributed by atoms with Crippen molar-refractivity contribution < 1.29 is 14.3 Å². The van der Waals surface area contributed by atoms with Gasteiger partial charge in [0.15, 0.2) is 11.8 Å². The Morgan fingerprint density at radius 3 is 2.39 bits per heavy atom. The summed E-state index contributed by atoms with van der Waals surface area (Å²) in [6.45, 7) is 4.04. The zero-order chi connectivity index (χ0) is 22.2. The number of carbonyl (C=O) groups is 2. The van der Waals surface area contributed by atoms with E-state index in [0.29, 0.717) is 23.0 Å². The first kappa shape index (κ1) is 22.2. The Balaban J connectivity index is 1.81. The van der Waals surface area contributed by atoms with Crippen LogP contribution in [0, 0.1) is 0 Å². The number of benzene rings is 2. The Morgan fingerprint density at radius 1 is 1.00 bits per heavy atom. The van der Waals surface area contributed by atoms with E-state index in [9.17, 15) is 14.4 Å². The Labute approximate surface area is 181 Å². The van der Waals surface area contributed by atoms with Gasteiger partial charge in [0, 0.05) is 17.6 Å². The number of para-hydroxylation sites is 1. The van der Waals surface area contributed by atoms with E-state index in [-0.39, 0.29) is 11.3 Å². The van der Waals surface area contributed by atoms with Crippen molar-refractivity contribution in [3.8, 4) is 0 Å². The van der Waals surface area contributed by atoms with Gasteiger partial charge in [-0.2, -0.15) is 5.10 Å². The molecule has 0 aliphatic heterocycles. The molecule has 1 amide bonds. The SMILES string of the molecule is CCCCCCn1nc(C(=O)O[C@H](C)C(=O)Nc2ccccc2)c2ccccc2c1=O. The number of unbranched alkanes of at least 4 members (excludes halogenated alkanes) is 3. The van der Waals surface area contributed by atoms with E-state index in [0.717, 1.165) is 25.7 Å². The third-order valence-electron chi connectivity index (χ3n) is 4.98. The number of nitrogens with zero attached hydrogens (tertiary/aromatic N) is 2. The molecule has 3 rings (SSSR count). The van der Waals surface area contributed by atoms with Crippen LogP contribution in [0.3, 0.4) is 0 Å². The van der Waals surface area contributed by atoms with Crippen LogP contribution in [0.4, 0.5) is 5.69 Å². The minimum Gasteiger partial charge on any atom is -0.448 e. The second-order valence-electron chi connectivity index (χ2n) is 7.39. The van der Waals surface area contributed by atoms with Gasteiger partial charge in [-0.15, -0.1) is 0 Å². The van der Waals surface area contributed by atoms with Gasteiger partial charge in [0.05, 0.1) is 5.39 Å². The number of hydrogen-bond acceptors (Lipinski definition) is 5. The summed E-state index contributed by atoms with van der Waals surface area (Å²) in [7, 11) is 0. The first-order valence-electron chi connectivity index (χ1n) is 10.6. The van der Waals surface area contributed by atoms with Gasteiger partial charge in [-0.25, -0.2) is 9.48 Å². The van der Waals surface area contributed by atoms with Crippen molar-refractivity contribution in [3.63, 3.8) is 0 Å². The molecule has 1 heterocycles. The van der Waals surface area contributed by atoms with Crippen LogP contribution in [-0.2, 0) is 16.1 Å². The number of rotatable bonds is 9. The molecule has 0 aliphatic rings. The van der Waals surface area contributed by atoms with E-state index in [1.807, 2.05) is 6.07 Å². The van der Waals surface area contributed by atoms with Crippen LogP contribution in [0.1, 0.15) is 50.0 Å². The molecule has 7 nitrogen and oxygen atoms in total. The number of hydrogen-bond donors (Lipinski definition) is 1. The normalized spacial score (nSPS) is 11.8. The smallest absolute Gasteiger partial charge is 0.360 e. The maximum absolute atomic E-state index is 12.9. The number of aromatic nitrogens is 2. The monoisotopic (exact) mass is 421 g/mol. The second-order valence-corrected chi connectivity index (χ2v) is 7.39. The van der Waals surface area contributed by atoms with Crippen molar-refractivity contribution in [3.05, 3.63) is 70.6 Å². The van der Waals surface area contributed by atoms with Gasteiger partial charge < -0.3 is 10.1 Å². The van der Waals surface area contributed by atoms with Crippen LogP contribution in [0.15, 0.2) is 59.4 Å². The fraction of sp³-hybridized carbons (Fsp3) is 0.333. The third kappa shape index (κ3) is 5.57. The maximum Gasteiger partial charge on any atom is 0.360 e. The number of esters is 1. The highest BCUT2D eigenvalue weighted by Gasteiger charge is 2.23. The van der Waals surface area contributed by atoms with Gasteiger partial charge in [-0.3, -0.25) is 9.59 Å². The molecule has 162 valence electrons. The van der Waals surface area contributed by atoms with E-state index in [1.54, 1.807) is 48.5 Å². The molecular formula is C24H27N3O4. The Kier molecular flexibility index (Phi) is 7.54. The largest absolute Gasteiger partial charge is 0.448 e. The number of carbonyl (C=O) groups excluding carboxylic acids is 2. The summed E-state index contributed by atoms with van der Waals surface area (Å²) in [5.74, 6) is -1.19. The molecule has 7 heteroatoms. The summed E-state index contributed by atoms with van der Waals surface area (Å²) in [4.78, 5) is 38.1. The van der Waals surface area contributed by atoms with Crippen LogP contribution in [-0.4, -0.2) is 27.8 Å². The predicted molar refractivity (Wildman–Crippen MR) is 120 cm³/mol.